The summed E-state index contributed by atoms with van der Waals surface area (Å²) in [5.41, 5.74) is 7.60. The van der Waals surface area contributed by atoms with E-state index in [4.69, 9.17) is 0 Å². The lowest BCUT2D eigenvalue weighted by molar-refractivity contribution is 1.07. The fourth-order valence-electron chi connectivity index (χ4n) is 3.36. The zero-order chi connectivity index (χ0) is 18.3. The van der Waals surface area contributed by atoms with Crippen LogP contribution < -0.4 is 0 Å². The van der Waals surface area contributed by atoms with Crippen molar-refractivity contribution in [2.24, 2.45) is 0 Å². The number of rotatable bonds is 6. The van der Waals surface area contributed by atoms with E-state index in [0.717, 1.165) is 19.3 Å². The summed E-state index contributed by atoms with van der Waals surface area (Å²) in [6.07, 6.45) is 13.9. The maximum atomic E-state index is 4.24. The number of hydrogen-bond donors (Lipinski definition) is 0. The van der Waals surface area contributed by atoms with E-state index in [1.807, 2.05) is 55.4 Å². The summed E-state index contributed by atoms with van der Waals surface area (Å²) in [4.78, 5) is 12.7. The van der Waals surface area contributed by atoms with Crippen LogP contribution in [-0.4, -0.2) is 15.0 Å². The molecule has 0 unspecified atom stereocenters. The largest absolute Gasteiger partial charge is 0.264 e. The molecule has 0 radical (unpaired) electrons. The Morgan fingerprint density at radius 2 is 0.778 bits per heavy atom. The van der Waals surface area contributed by atoms with Crippen molar-refractivity contribution in [3.05, 3.63) is 125 Å². The Labute approximate surface area is 159 Å². The minimum Gasteiger partial charge on any atom is -0.264 e. The van der Waals surface area contributed by atoms with E-state index in [1.54, 1.807) is 0 Å². The molecule has 1 aromatic carbocycles. The first-order valence-corrected chi connectivity index (χ1v) is 9.13. The average Bonchev–Trinajstić information content (AvgIpc) is 2.70. The summed E-state index contributed by atoms with van der Waals surface area (Å²) < 4.78 is 0. The van der Waals surface area contributed by atoms with Gasteiger partial charge < -0.3 is 0 Å². The molecule has 0 aliphatic carbocycles. The molecule has 0 amide bonds. The summed E-state index contributed by atoms with van der Waals surface area (Å²) in [7, 11) is 0. The normalized spacial score (nSPS) is 10.7. The van der Waals surface area contributed by atoms with Crippen molar-refractivity contribution < 1.29 is 0 Å². The van der Waals surface area contributed by atoms with E-state index in [0.29, 0.717) is 0 Å². The van der Waals surface area contributed by atoms with Crippen LogP contribution in [0.25, 0.3) is 0 Å². The molecule has 3 nitrogen and oxygen atoms in total. The van der Waals surface area contributed by atoms with Gasteiger partial charge in [0.25, 0.3) is 0 Å². The lowest BCUT2D eigenvalue weighted by atomic mass is 9.95. The summed E-state index contributed by atoms with van der Waals surface area (Å²) in [5, 5.41) is 0. The maximum absolute atomic E-state index is 4.24. The van der Waals surface area contributed by atoms with Crippen molar-refractivity contribution in [3.8, 4) is 0 Å². The van der Waals surface area contributed by atoms with Crippen molar-refractivity contribution in [2.75, 3.05) is 0 Å². The van der Waals surface area contributed by atoms with Gasteiger partial charge in [-0.15, -0.1) is 0 Å². The van der Waals surface area contributed by atoms with Gasteiger partial charge in [0, 0.05) is 37.2 Å². The fraction of sp³-hybridized carbons (Fsp3) is 0.125. The summed E-state index contributed by atoms with van der Waals surface area (Å²) in [6.45, 7) is 0. The molecule has 0 saturated heterocycles. The standard InChI is InChI=1S/C24H21N3/c1-4-19(16-25-7-1)10-22-13-23(11-20-5-2-8-26-17-20)15-24(14-22)12-21-6-3-9-27-18-21/h1-9,13-18H,10-12H2. The number of pyridine rings is 3. The summed E-state index contributed by atoms with van der Waals surface area (Å²) in [6, 6.07) is 19.2. The molecule has 3 heteroatoms. The van der Waals surface area contributed by atoms with E-state index >= 15 is 0 Å². The third kappa shape index (κ3) is 4.85. The minimum atomic E-state index is 0.884. The monoisotopic (exact) mass is 351 g/mol. The van der Waals surface area contributed by atoms with Crippen molar-refractivity contribution >= 4 is 0 Å². The van der Waals surface area contributed by atoms with Crippen molar-refractivity contribution in [2.45, 2.75) is 19.3 Å². The summed E-state index contributed by atoms with van der Waals surface area (Å²) >= 11 is 0. The van der Waals surface area contributed by atoms with E-state index in [1.165, 1.54) is 33.4 Å². The Hall–Kier alpha value is -3.33. The van der Waals surface area contributed by atoms with Crippen LogP contribution in [-0.2, 0) is 19.3 Å². The zero-order valence-corrected chi connectivity index (χ0v) is 15.1. The van der Waals surface area contributed by atoms with Crippen LogP contribution >= 0.6 is 0 Å². The third-order valence-corrected chi connectivity index (χ3v) is 4.51. The van der Waals surface area contributed by atoms with Crippen molar-refractivity contribution in [1.82, 2.24) is 15.0 Å². The molecule has 132 valence electrons. The second-order valence-corrected chi connectivity index (χ2v) is 6.77. The van der Waals surface area contributed by atoms with Gasteiger partial charge in [-0.3, -0.25) is 15.0 Å². The molecule has 4 aromatic rings. The van der Waals surface area contributed by atoms with Crippen LogP contribution in [0.2, 0.25) is 0 Å². The van der Waals surface area contributed by atoms with Gasteiger partial charge in [-0.2, -0.15) is 0 Å². The van der Waals surface area contributed by atoms with Crippen LogP contribution in [0.3, 0.4) is 0 Å². The molecule has 0 atom stereocenters. The van der Waals surface area contributed by atoms with E-state index < -0.39 is 0 Å². The minimum absolute atomic E-state index is 0.884. The molecule has 0 saturated carbocycles. The second kappa shape index (κ2) is 8.37. The SMILES string of the molecule is c1cncc(Cc2cc(Cc3cccnc3)cc(Cc3cccnc3)c2)c1. The highest BCUT2D eigenvalue weighted by Crippen LogP contribution is 2.19. The summed E-state index contributed by atoms with van der Waals surface area (Å²) in [5.74, 6) is 0. The molecule has 0 fully saturated rings. The molecular formula is C24H21N3. The van der Waals surface area contributed by atoms with Crippen LogP contribution in [0, 0.1) is 0 Å². The van der Waals surface area contributed by atoms with Gasteiger partial charge in [0.05, 0.1) is 0 Å². The third-order valence-electron chi connectivity index (χ3n) is 4.51. The number of benzene rings is 1. The van der Waals surface area contributed by atoms with E-state index in [-0.39, 0.29) is 0 Å². The first-order chi connectivity index (χ1) is 13.3. The number of aromatic nitrogens is 3. The second-order valence-electron chi connectivity index (χ2n) is 6.77. The van der Waals surface area contributed by atoms with Gasteiger partial charge in [0.1, 0.15) is 0 Å². The highest BCUT2D eigenvalue weighted by atomic mass is 14.6. The Morgan fingerprint density at radius 1 is 0.444 bits per heavy atom. The molecule has 4 rings (SSSR count). The predicted octanol–water partition coefficient (Wildman–Crippen LogP) is 4.64. The quantitative estimate of drug-likeness (QED) is 0.508. The maximum Gasteiger partial charge on any atom is 0.0303 e. The molecule has 0 bridgehead atoms. The first kappa shape index (κ1) is 17.1. The molecule has 0 spiro atoms. The fourth-order valence-corrected chi connectivity index (χ4v) is 3.36. The predicted molar refractivity (Wildman–Crippen MR) is 108 cm³/mol. The van der Waals surface area contributed by atoms with Gasteiger partial charge in [-0.1, -0.05) is 36.4 Å². The number of hydrogen-bond acceptors (Lipinski definition) is 3. The molecule has 3 aromatic heterocycles. The molecule has 0 N–H and O–H groups in total. The Kier molecular flexibility index (Phi) is 5.30. The Balaban J connectivity index is 1.64. The number of nitrogens with zero attached hydrogens (tertiary/aromatic N) is 3. The average molecular weight is 351 g/mol. The lowest BCUT2D eigenvalue weighted by Crippen LogP contribution is -1.98. The van der Waals surface area contributed by atoms with Crippen molar-refractivity contribution in [1.29, 1.82) is 0 Å². The van der Waals surface area contributed by atoms with Gasteiger partial charge in [0.2, 0.25) is 0 Å². The van der Waals surface area contributed by atoms with E-state index in [9.17, 15) is 0 Å². The Morgan fingerprint density at radius 3 is 1.04 bits per heavy atom. The first-order valence-electron chi connectivity index (χ1n) is 9.13. The van der Waals surface area contributed by atoms with Crippen LogP contribution in [0.1, 0.15) is 33.4 Å². The topological polar surface area (TPSA) is 38.7 Å². The zero-order valence-electron chi connectivity index (χ0n) is 15.1. The van der Waals surface area contributed by atoms with Gasteiger partial charge >= 0.3 is 0 Å². The molecule has 0 aliphatic heterocycles. The molecule has 27 heavy (non-hydrogen) atoms. The molecular weight excluding hydrogens is 330 g/mol. The highest BCUT2D eigenvalue weighted by Gasteiger charge is 2.06. The highest BCUT2D eigenvalue weighted by molar-refractivity contribution is 5.37. The van der Waals surface area contributed by atoms with Gasteiger partial charge in [0.15, 0.2) is 0 Å². The molecule has 0 aliphatic rings. The van der Waals surface area contributed by atoms with Crippen LogP contribution in [0.4, 0.5) is 0 Å². The van der Waals surface area contributed by atoms with Crippen LogP contribution in [0.15, 0.2) is 91.8 Å². The van der Waals surface area contributed by atoms with Crippen molar-refractivity contribution in [3.63, 3.8) is 0 Å². The van der Waals surface area contributed by atoms with E-state index in [2.05, 4.69) is 51.4 Å². The van der Waals surface area contributed by atoms with Crippen LogP contribution in [0.5, 0.6) is 0 Å². The van der Waals surface area contributed by atoms with Gasteiger partial charge in [-0.25, -0.2) is 0 Å². The Bertz CT molecular complexity index is 839. The molecule has 3 heterocycles. The smallest absolute Gasteiger partial charge is 0.0303 e. The lowest BCUT2D eigenvalue weighted by Gasteiger charge is -2.11. The van der Waals surface area contributed by atoms with Gasteiger partial charge in [-0.05, 0) is 70.8 Å².